The molecule has 0 saturated heterocycles. The molecular weight excluding hydrogens is 108 g/mol. The molecule has 0 saturated carbocycles. The minimum absolute atomic E-state index is 0.713. The van der Waals surface area contributed by atoms with Crippen molar-refractivity contribution >= 4 is 17.6 Å². The molecule has 0 fully saturated rings. The van der Waals surface area contributed by atoms with Gasteiger partial charge in [0.05, 0.1) is 0 Å². The molecule has 2 nitrogen and oxygen atoms in total. The van der Waals surface area contributed by atoms with Crippen LogP contribution in [0.3, 0.4) is 0 Å². The molecule has 1 aromatic rings. The molecule has 0 unspecified atom stereocenters. The summed E-state index contributed by atoms with van der Waals surface area (Å²) in [5, 5.41) is 0. The predicted molar refractivity (Wildman–Crippen MR) is 30.0 cm³/mol. The maximum atomic E-state index is 3.85. The van der Waals surface area contributed by atoms with E-state index in [-0.39, 0.29) is 0 Å². The highest BCUT2D eigenvalue weighted by molar-refractivity contribution is 7.03. The summed E-state index contributed by atoms with van der Waals surface area (Å²) >= 11 is 1.33. The summed E-state index contributed by atoms with van der Waals surface area (Å²) < 4.78 is 3.85. The Hall–Kier alpha value is -0.700. The molecule has 0 spiro atoms. The Morgan fingerprint density at radius 3 is 3.00 bits per heavy atom. The second-order valence-corrected chi connectivity index (χ2v) is 1.60. The summed E-state index contributed by atoms with van der Waals surface area (Å²) in [7, 11) is 0. The zero-order valence-corrected chi connectivity index (χ0v) is 4.48. The number of rotatable bonds is 1. The first-order valence-electron chi connectivity index (χ1n) is 1.82. The van der Waals surface area contributed by atoms with Crippen molar-refractivity contribution in [3.05, 3.63) is 17.9 Å². The smallest absolute Gasteiger partial charge is 0.164 e. The molecule has 0 aromatic carbocycles. The molecule has 36 valence electrons. The van der Waals surface area contributed by atoms with E-state index in [1.165, 1.54) is 11.5 Å². The first kappa shape index (κ1) is 4.46. The molecule has 0 aliphatic heterocycles. The van der Waals surface area contributed by atoms with Gasteiger partial charge in [0.1, 0.15) is 5.51 Å². The van der Waals surface area contributed by atoms with E-state index < -0.39 is 0 Å². The molecule has 0 aliphatic carbocycles. The first-order chi connectivity index (χ1) is 3.43. The highest BCUT2D eigenvalue weighted by atomic mass is 32.1. The second-order valence-electron chi connectivity index (χ2n) is 0.994. The van der Waals surface area contributed by atoms with Crippen molar-refractivity contribution in [3.8, 4) is 0 Å². The third-order valence-electron chi connectivity index (χ3n) is 0.561. The van der Waals surface area contributed by atoms with E-state index in [4.69, 9.17) is 0 Å². The normalized spacial score (nSPS) is 8.57. The quantitative estimate of drug-likeness (QED) is 0.545. The van der Waals surface area contributed by atoms with Gasteiger partial charge in [-0.05, 0) is 17.6 Å². The largest absolute Gasteiger partial charge is 0.224 e. The fourth-order valence-corrected chi connectivity index (χ4v) is 0.701. The van der Waals surface area contributed by atoms with Crippen LogP contribution in [0.1, 0.15) is 5.82 Å². The van der Waals surface area contributed by atoms with Gasteiger partial charge in [-0.15, -0.1) is 0 Å². The summed E-state index contributed by atoms with van der Waals surface area (Å²) in [6.07, 6.45) is 1.62. The van der Waals surface area contributed by atoms with Crippen LogP contribution in [0, 0.1) is 0 Å². The van der Waals surface area contributed by atoms with E-state index in [9.17, 15) is 0 Å². The third kappa shape index (κ3) is 0.838. The van der Waals surface area contributed by atoms with Crippen molar-refractivity contribution in [2.24, 2.45) is 0 Å². The van der Waals surface area contributed by atoms with Gasteiger partial charge in [-0.1, -0.05) is 6.58 Å². The molecule has 0 aliphatic rings. The van der Waals surface area contributed by atoms with Crippen LogP contribution in [-0.2, 0) is 0 Å². The summed E-state index contributed by atoms with van der Waals surface area (Å²) in [5.41, 5.74) is 1.68. The van der Waals surface area contributed by atoms with Gasteiger partial charge in [0.2, 0.25) is 0 Å². The lowest BCUT2D eigenvalue weighted by molar-refractivity contribution is 1.29. The molecule has 1 rings (SSSR count). The molecule has 0 N–H and O–H groups in total. The fraction of sp³-hybridized carbons (Fsp3) is 0. The van der Waals surface area contributed by atoms with Crippen LogP contribution in [0.2, 0.25) is 0 Å². The van der Waals surface area contributed by atoms with Crippen LogP contribution in [0.5, 0.6) is 0 Å². The summed E-state index contributed by atoms with van der Waals surface area (Å²) in [4.78, 5) is 3.82. The molecule has 0 bridgehead atoms. The predicted octanol–water partition coefficient (Wildman–Crippen LogP) is 1.18. The molecular formula is C4H4N2S. The lowest BCUT2D eigenvalue weighted by Crippen LogP contribution is -1.67. The van der Waals surface area contributed by atoms with E-state index in [0.29, 0.717) is 5.82 Å². The van der Waals surface area contributed by atoms with Crippen LogP contribution in [0.15, 0.2) is 12.1 Å². The van der Waals surface area contributed by atoms with E-state index in [2.05, 4.69) is 15.9 Å². The van der Waals surface area contributed by atoms with E-state index in [1.54, 1.807) is 11.6 Å². The Morgan fingerprint density at radius 1 is 1.86 bits per heavy atom. The number of nitrogens with zero attached hydrogens (tertiary/aromatic N) is 2. The topological polar surface area (TPSA) is 25.8 Å². The maximum absolute atomic E-state index is 3.85. The van der Waals surface area contributed by atoms with Gasteiger partial charge in [0.15, 0.2) is 5.82 Å². The molecule has 3 heteroatoms. The van der Waals surface area contributed by atoms with Crippen molar-refractivity contribution < 1.29 is 0 Å². The fourth-order valence-electron chi connectivity index (χ4n) is 0.269. The minimum atomic E-state index is 0.713. The lowest BCUT2D eigenvalue weighted by atomic mass is 10.6. The highest BCUT2D eigenvalue weighted by Gasteiger charge is 1.82. The Balaban J connectivity index is 2.96. The maximum Gasteiger partial charge on any atom is 0.164 e. The van der Waals surface area contributed by atoms with E-state index in [0.717, 1.165) is 0 Å². The zero-order chi connectivity index (χ0) is 5.11. The van der Waals surface area contributed by atoms with Crippen molar-refractivity contribution in [1.82, 2.24) is 9.36 Å². The van der Waals surface area contributed by atoms with Crippen LogP contribution >= 0.6 is 11.5 Å². The minimum Gasteiger partial charge on any atom is -0.224 e. The average molecular weight is 112 g/mol. The van der Waals surface area contributed by atoms with Crippen LogP contribution in [0.4, 0.5) is 0 Å². The van der Waals surface area contributed by atoms with Crippen LogP contribution < -0.4 is 0 Å². The summed E-state index contributed by atoms with van der Waals surface area (Å²) in [5.74, 6) is 0.713. The summed E-state index contributed by atoms with van der Waals surface area (Å²) in [6, 6.07) is 0. The number of hydrogen-bond acceptors (Lipinski definition) is 3. The summed E-state index contributed by atoms with van der Waals surface area (Å²) in [6.45, 7) is 3.48. The van der Waals surface area contributed by atoms with Gasteiger partial charge in [-0.25, -0.2) is 4.98 Å². The van der Waals surface area contributed by atoms with Gasteiger partial charge in [0.25, 0.3) is 0 Å². The highest BCUT2D eigenvalue weighted by Crippen LogP contribution is 1.92. The SMILES string of the molecule is C=Cc1ncsn1. The Morgan fingerprint density at radius 2 is 2.71 bits per heavy atom. The lowest BCUT2D eigenvalue weighted by Gasteiger charge is -1.68. The van der Waals surface area contributed by atoms with Crippen molar-refractivity contribution in [2.45, 2.75) is 0 Å². The molecule has 1 aromatic heterocycles. The molecule has 0 amide bonds. The molecule has 7 heavy (non-hydrogen) atoms. The second kappa shape index (κ2) is 1.84. The average Bonchev–Trinajstić information content (AvgIpc) is 2.14. The van der Waals surface area contributed by atoms with Crippen LogP contribution in [-0.4, -0.2) is 9.36 Å². The van der Waals surface area contributed by atoms with Crippen molar-refractivity contribution in [2.75, 3.05) is 0 Å². The van der Waals surface area contributed by atoms with Crippen LogP contribution in [0.25, 0.3) is 6.08 Å². The Bertz CT molecular complexity index is 145. The van der Waals surface area contributed by atoms with Gasteiger partial charge in [0, 0.05) is 0 Å². The number of aromatic nitrogens is 2. The monoisotopic (exact) mass is 112 g/mol. The Labute approximate surface area is 45.7 Å². The zero-order valence-electron chi connectivity index (χ0n) is 3.66. The van der Waals surface area contributed by atoms with E-state index in [1.807, 2.05) is 0 Å². The van der Waals surface area contributed by atoms with Gasteiger partial charge in [-0.3, -0.25) is 0 Å². The third-order valence-corrected chi connectivity index (χ3v) is 1.05. The molecule has 0 atom stereocenters. The standard InChI is InChI=1S/C4H4N2S/c1-2-4-5-3-7-6-4/h2-3H,1H2. The first-order valence-corrected chi connectivity index (χ1v) is 2.66. The van der Waals surface area contributed by atoms with Crippen molar-refractivity contribution in [3.63, 3.8) is 0 Å². The van der Waals surface area contributed by atoms with Gasteiger partial charge in [-0.2, -0.15) is 4.37 Å². The Kier molecular flexibility index (Phi) is 1.17. The van der Waals surface area contributed by atoms with Gasteiger partial charge >= 0.3 is 0 Å². The number of hydrogen-bond donors (Lipinski definition) is 0. The van der Waals surface area contributed by atoms with E-state index >= 15 is 0 Å². The van der Waals surface area contributed by atoms with Gasteiger partial charge < -0.3 is 0 Å². The molecule has 1 heterocycles. The van der Waals surface area contributed by atoms with Crippen molar-refractivity contribution in [1.29, 1.82) is 0 Å². The molecule has 0 radical (unpaired) electrons.